The van der Waals surface area contributed by atoms with Crippen LogP contribution >= 0.6 is 0 Å². The van der Waals surface area contributed by atoms with Gasteiger partial charge in [0.15, 0.2) is 11.5 Å². The molecule has 0 saturated carbocycles. The normalized spacial score (nSPS) is 14.5. The van der Waals surface area contributed by atoms with Crippen LogP contribution < -0.4 is 19.7 Å². The number of amides is 4. The van der Waals surface area contributed by atoms with E-state index in [1.807, 2.05) is 37.3 Å². The first-order valence-electron chi connectivity index (χ1n) is 11.7. The Morgan fingerprint density at radius 1 is 1.00 bits per heavy atom. The lowest BCUT2D eigenvalue weighted by Gasteiger charge is -2.26. The first-order valence-corrected chi connectivity index (χ1v) is 11.7. The maximum Gasteiger partial charge on any atom is 0.335 e. The number of rotatable bonds is 9. The number of imide groups is 2. The van der Waals surface area contributed by atoms with Crippen molar-refractivity contribution in [3.05, 3.63) is 107 Å². The highest BCUT2D eigenvalue weighted by Gasteiger charge is 2.37. The summed E-state index contributed by atoms with van der Waals surface area (Å²) in [6, 6.07) is 17.0. The van der Waals surface area contributed by atoms with Gasteiger partial charge in [0, 0.05) is 5.56 Å². The number of benzene rings is 3. The maximum absolute atomic E-state index is 13.4. The van der Waals surface area contributed by atoms with Crippen LogP contribution in [0.4, 0.5) is 14.9 Å². The fourth-order valence-electron chi connectivity index (χ4n) is 3.88. The number of hydrogen-bond acceptors (Lipinski definition) is 5. The minimum absolute atomic E-state index is 0.134. The van der Waals surface area contributed by atoms with Crippen LogP contribution in [-0.4, -0.2) is 24.5 Å². The summed E-state index contributed by atoms with van der Waals surface area (Å²) in [5, 5.41) is 2.17. The van der Waals surface area contributed by atoms with Crippen molar-refractivity contribution in [2.75, 3.05) is 11.5 Å². The fourth-order valence-corrected chi connectivity index (χ4v) is 3.88. The monoisotopic (exact) mass is 500 g/mol. The predicted octanol–water partition coefficient (Wildman–Crippen LogP) is 5.20. The van der Waals surface area contributed by atoms with Gasteiger partial charge in [-0.05, 0) is 66.9 Å². The number of carbonyl (C=O) groups is 3. The summed E-state index contributed by atoms with van der Waals surface area (Å²) in [7, 11) is 0. The minimum Gasteiger partial charge on any atom is -0.490 e. The summed E-state index contributed by atoms with van der Waals surface area (Å²) >= 11 is 0. The number of nitrogens with zero attached hydrogens (tertiary/aromatic N) is 1. The molecule has 7 nitrogen and oxygen atoms in total. The van der Waals surface area contributed by atoms with Gasteiger partial charge in [0.25, 0.3) is 11.8 Å². The zero-order valence-electron chi connectivity index (χ0n) is 20.2. The third kappa shape index (κ3) is 5.75. The molecule has 1 fully saturated rings. The summed E-state index contributed by atoms with van der Waals surface area (Å²) in [5.74, 6) is -1.20. The summed E-state index contributed by atoms with van der Waals surface area (Å²) in [4.78, 5) is 39.0. The molecule has 0 atom stereocenters. The lowest BCUT2D eigenvalue weighted by molar-refractivity contribution is -0.122. The number of halogens is 1. The Labute approximate surface area is 213 Å². The van der Waals surface area contributed by atoms with Crippen LogP contribution in [0.1, 0.15) is 23.6 Å². The van der Waals surface area contributed by atoms with Crippen LogP contribution in [0, 0.1) is 5.82 Å². The van der Waals surface area contributed by atoms with Crippen LogP contribution in [0.3, 0.4) is 0 Å². The average Bonchev–Trinajstić information content (AvgIpc) is 2.88. The Bertz CT molecular complexity index is 1370. The van der Waals surface area contributed by atoms with Gasteiger partial charge in [-0.2, -0.15) is 0 Å². The number of anilines is 1. The van der Waals surface area contributed by atoms with Gasteiger partial charge in [-0.1, -0.05) is 36.4 Å². The third-order valence-corrected chi connectivity index (χ3v) is 5.54. The number of nitrogens with one attached hydrogen (secondary N) is 1. The van der Waals surface area contributed by atoms with Crippen LogP contribution in [0.15, 0.2) is 85.0 Å². The maximum atomic E-state index is 13.4. The zero-order valence-corrected chi connectivity index (χ0v) is 20.2. The molecule has 188 valence electrons. The van der Waals surface area contributed by atoms with E-state index in [2.05, 4.69) is 11.9 Å². The average molecular weight is 501 g/mol. The van der Waals surface area contributed by atoms with E-state index < -0.39 is 23.7 Å². The van der Waals surface area contributed by atoms with Gasteiger partial charge in [-0.25, -0.2) is 14.1 Å². The molecule has 1 aliphatic heterocycles. The second kappa shape index (κ2) is 11.3. The molecule has 0 aliphatic carbocycles. The molecule has 3 aromatic rings. The summed E-state index contributed by atoms with van der Waals surface area (Å²) in [6.45, 7) is 6.34. The van der Waals surface area contributed by atoms with Gasteiger partial charge in [0.1, 0.15) is 18.0 Å². The Kier molecular flexibility index (Phi) is 7.78. The van der Waals surface area contributed by atoms with Gasteiger partial charge in [0.05, 0.1) is 12.3 Å². The fraction of sp³-hybridized carbons (Fsp3) is 0.138. The standard InChI is InChI=1S/C29H25FN2O5/c1-3-8-21-15-20(17-25(36-4-2)26(21)37-18-19-9-6-5-7-10-19)16-24-27(33)31-29(35)32(28(24)34)23-13-11-22(30)12-14-23/h3,5-7,9-17H,1,4,8,18H2,2H3,(H,31,33,35)/b24-16+. The quantitative estimate of drug-likeness (QED) is 0.248. The van der Waals surface area contributed by atoms with Crippen LogP contribution in [-0.2, 0) is 22.6 Å². The van der Waals surface area contributed by atoms with E-state index in [0.29, 0.717) is 36.7 Å². The summed E-state index contributed by atoms with van der Waals surface area (Å²) in [6.07, 6.45) is 3.54. The van der Waals surface area contributed by atoms with E-state index in [1.165, 1.54) is 18.2 Å². The lowest BCUT2D eigenvalue weighted by Crippen LogP contribution is -2.54. The second-order valence-electron chi connectivity index (χ2n) is 8.14. The number of allylic oxidation sites excluding steroid dienone is 1. The molecule has 1 aliphatic rings. The number of urea groups is 1. The molecule has 8 heteroatoms. The van der Waals surface area contributed by atoms with E-state index in [-0.39, 0.29) is 11.3 Å². The Hall–Kier alpha value is -4.72. The van der Waals surface area contributed by atoms with Crippen molar-refractivity contribution in [1.82, 2.24) is 5.32 Å². The Morgan fingerprint density at radius 3 is 2.41 bits per heavy atom. The molecular formula is C29H25FN2O5. The molecule has 0 bridgehead atoms. The van der Waals surface area contributed by atoms with Gasteiger partial charge in [0.2, 0.25) is 0 Å². The number of hydrogen-bond donors (Lipinski definition) is 1. The van der Waals surface area contributed by atoms with Crippen LogP contribution in [0.5, 0.6) is 11.5 Å². The minimum atomic E-state index is -0.911. The first kappa shape index (κ1) is 25.4. The van der Waals surface area contributed by atoms with Crippen molar-refractivity contribution in [1.29, 1.82) is 0 Å². The second-order valence-corrected chi connectivity index (χ2v) is 8.14. The van der Waals surface area contributed by atoms with Crippen LogP contribution in [0.25, 0.3) is 6.08 Å². The Morgan fingerprint density at radius 2 is 1.73 bits per heavy atom. The molecule has 1 saturated heterocycles. The van der Waals surface area contributed by atoms with Gasteiger partial charge in [-0.15, -0.1) is 6.58 Å². The van der Waals surface area contributed by atoms with Crippen molar-refractivity contribution in [2.24, 2.45) is 0 Å². The summed E-state index contributed by atoms with van der Waals surface area (Å²) in [5.41, 5.74) is 2.11. The van der Waals surface area contributed by atoms with E-state index >= 15 is 0 Å². The summed E-state index contributed by atoms with van der Waals surface area (Å²) < 4.78 is 25.3. The number of ether oxygens (including phenoxy) is 2. The van der Waals surface area contributed by atoms with Crippen molar-refractivity contribution >= 4 is 29.6 Å². The lowest BCUT2D eigenvalue weighted by atomic mass is 10.0. The van der Waals surface area contributed by atoms with E-state index in [0.717, 1.165) is 28.2 Å². The third-order valence-electron chi connectivity index (χ3n) is 5.54. The number of barbiturate groups is 1. The van der Waals surface area contributed by atoms with E-state index in [4.69, 9.17) is 9.47 Å². The van der Waals surface area contributed by atoms with Gasteiger partial charge in [-0.3, -0.25) is 14.9 Å². The molecule has 0 radical (unpaired) electrons. The highest BCUT2D eigenvalue weighted by atomic mass is 19.1. The molecular weight excluding hydrogens is 475 g/mol. The van der Waals surface area contributed by atoms with Gasteiger partial charge < -0.3 is 9.47 Å². The highest BCUT2D eigenvalue weighted by molar-refractivity contribution is 6.39. The van der Waals surface area contributed by atoms with Crippen LogP contribution in [0.2, 0.25) is 0 Å². The molecule has 1 heterocycles. The smallest absolute Gasteiger partial charge is 0.335 e. The van der Waals surface area contributed by atoms with Gasteiger partial charge >= 0.3 is 6.03 Å². The molecule has 0 spiro atoms. The highest BCUT2D eigenvalue weighted by Crippen LogP contribution is 2.35. The zero-order chi connectivity index (χ0) is 26.4. The molecule has 3 aromatic carbocycles. The molecule has 0 unspecified atom stereocenters. The number of carbonyl (C=O) groups excluding carboxylic acids is 3. The molecule has 0 aromatic heterocycles. The molecule has 4 rings (SSSR count). The Balaban J connectivity index is 1.72. The largest absolute Gasteiger partial charge is 0.490 e. The SMILES string of the molecule is C=CCc1cc(/C=C2\C(=O)NC(=O)N(c3ccc(F)cc3)C2=O)cc(OCC)c1OCc1ccccc1. The molecule has 1 N–H and O–H groups in total. The van der Waals surface area contributed by atoms with E-state index in [1.54, 1.807) is 18.2 Å². The van der Waals surface area contributed by atoms with Crippen molar-refractivity contribution in [2.45, 2.75) is 20.0 Å². The predicted molar refractivity (Wildman–Crippen MR) is 138 cm³/mol. The topological polar surface area (TPSA) is 84.9 Å². The van der Waals surface area contributed by atoms with Crippen molar-refractivity contribution < 1.29 is 28.2 Å². The van der Waals surface area contributed by atoms with Crippen molar-refractivity contribution in [3.8, 4) is 11.5 Å². The molecule has 4 amide bonds. The molecule has 37 heavy (non-hydrogen) atoms. The van der Waals surface area contributed by atoms with E-state index in [9.17, 15) is 18.8 Å². The first-order chi connectivity index (χ1) is 17.9. The van der Waals surface area contributed by atoms with Crippen molar-refractivity contribution in [3.63, 3.8) is 0 Å².